The maximum Gasteiger partial charge on any atom is 0.199 e. The molecule has 0 fully saturated rings. The molecule has 2 aromatic rings. The summed E-state index contributed by atoms with van der Waals surface area (Å²) in [6.07, 6.45) is 1.34. The molecule has 0 unspecified atom stereocenters. The van der Waals surface area contributed by atoms with Gasteiger partial charge in [-0.1, -0.05) is 0 Å². The van der Waals surface area contributed by atoms with Gasteiger partial charge >= 0.3 is 0 Å². The first-order valence-corrected chi connectivity index (χ1v) is 5.05. The fourth-order valence-corrected chi connectivity index (χ4v) is 1.59. The quantitative estimate of drug-likeness (QED) is 0.748. The second-order valence-electron chi connectivity index (χ2n) is 3.80. The molecule has 0 N–H and O–H groups in total. The number of aryl methyl sites for hydroxylation is 2. The summed E-state index contributed by atoms with van der Waals surface area (Å²) < 4.78 is 31.9. The van der Waals surface area contributed by atoms with Crippen molar-refractivity contribution in [2.45, 2.75) is 13.8 Å². The first kappa shape index (κ1) is 11.5. The van der Waals surface area contributed by atoms with E-state index in [0.29, 0.717) is 5.76 Å². The highest BCUT2D eigenvalue weighted by atomic mass is 19.1. The molecule has 4 heteroatoms. The number of hydrogen-bond donors (Lipinski definition) is 0. The summed E-state index contributed by atoms with van der Waals surface area (Å²) in [4.78, 5) is 11.9. The molecular weight excluding hydrogens is 226 g/mol. The van der Waals surface area contributed by atoms with Gasteiger partial charge in [0, 0.05) is 0 Å². The van der Waals surface area contributed by atoms with Crippen LogP contribution in [0.4, 0.5) is 8.78 Å². The summed E-state index contributed by atoms with van der Waals surface area (Å²) in [5.41, 5.74) is 0.132. The lowest BCUT2D eigenvalue weighted by atomic mass is 10.0. The number of ketones is 1. The molecular formula is C13H10F2O2. The zero-order chi connectivity index (χ0) is 12.6. The molecule has 0 aliphatic rings. The molecule has 88 valence electrons. The van der Waals surface area contributed by atoms with Crippen molar-refractivity contribution >= 4 is 5.78 Å². The number of rotatable bonds is 2. The second-order valence-corrected chi connectivity index (χ2v) is 3.80. The Bertz CT molecular complexity index is 585. The first-order valence-electron chi connectivity index (χ1n) is 5.05. The van der Waals surface area contributed by atoms with Crippen molar-refractivity contribution in [3.63, 3.8) is 0 Å². The molecule has 0 aliphatic heterocycles. The summed E-state index contributed by atoms with van der Waals surface area (Å²) in [6.45, 7) is 3.03. The maximum absolute atomic E-state index is 13.6. The molecule has 0 saturated carbocycles. The minimum absolute atomic E-state index is 0.169. The molecule has 0 aliphatic carbocycles. The summed E-state index contributed by atoms with van der Waals surface area (Å²) >= 11 is 0. The number of benzene rings is 1. The Morgan fingerprint density at radius 1 is 1.12 bits per heavy atom. The topological polar surface area (TPSA) is 30.2 Å². The predicted octanol–water partition coefficient (Wildman–Crippen LogP) is 3.41. The minimum Gasteiger partial charge on any atom is -0.469 e. The Hall–Kier alpha value is -1.97. The van der Waals surface area contributed by atoms with Gasteiger partial charge in [0.05, 0.1) is 17.4 Å². The van der Waals surface area contributed by atoms with Crippen LogP contribution >= 0.6 is 0 Å². The van der Waals surface area contributed by atoms with E-state index in [0.717, 1.165) is 12.1 Å². The van der Waals surface area contributed by atoms with E-state index >= 15 is 0 Å². The number of carbonyl (C=O) groups is 1. The Kier molecular flexibility index (Phi) is 2.79. The standard InChI is InChI=1S/C13H10F2O2/c1-7-5-12(15)10(6-11(7)14)13(16)9-3-4-17-8(9)2/h3-6H,1-2H3. The Morgan fingerprint density at radius 2 is 1.82 bits per heavy atom. The molecule has 0 amide bonds. The first-order chi connectivity index (χ1) is 8.00. The van der Waals surface area contributed by atoms with Gasteiger partial charge in [-0.05, 0) is 37.6 Å². The zero-order valence-corrected chi connectivity index (χ0v) is 9.38. The molecule has 2 nitrogen and oxygen atoms in total. The average molecular weight is 236 g/mol. The van der Waals surface area contributed by atoms with E-state index in [1.807, 2.05) is 0 Å². The Labute approximate surface area is 96.9 Å². The van der Waals surface area contributed by atoms with Crippen LogP contribution in [0.1, 0.15) is 27.2 Å². The molecule has 1 aromatic heterocycles. The molecule has 17 heavy (non-hydrogen) atoms. The van der Waals surface area contributed by atoms with E-state index in [9.17, 15) is 13.6 Å². The second kappa shape index (κ2) is 4.13. The molecule has 0 bridgehead atoms. The van der Waals surface area contributed by atoms with Crippen molar-refractivity contribution in [1.29, 1.82) is 0 Å². The van der Waals surface area contributed by atoms with Gasteiger partial charge in [0.2, 0.25) is 0 Å². The van der Waals surface area contributed by atoms with Gasteiger partial charge in [0.1, 0.15) is 17.4 Å². The lowest BCUT2D eigenvalue weighted by Crippen LogP contribution is -2.06. The molecule has 0 atom stereocenters. The zero-order valence-electron chi connectivity index (χ0n) is 9.38. The van der Waals surface area contributed by atoms with Crippen LogP contribution in [-0.2, 0) is 0 Å². The van der Waals surface area contributed by atoms with Crippen molar-refractivity contribution in [1.82, 2.24) is 0 Å². The molecule has 0 spiro atoms. The highest BCUT2D eigenvalue weighted by Crippen LogP contribution is 2.20. The van der Waals surface area contributed by atoms with E-state index < -0.39 is 17.4 Å². The highest BCUT2D eigenvalue weighted by Gasteiger charge is 2.19. The number of hydrogen-bond acceptors (Lipinski definition) is 2. The summed E-state index contributed by atoms with van der Waals surface area (Å²) in [6, 6.07) is 3.37. The molecule has 0 radical (unpaired) electrons. The minimum atomic E-state index is -0.727. The summed E-state index contributed by atoms with van der Waals surface area (Å²) in [5.74, 6) is -1.52. The van der Waals surface area contributed by atoms with Crippen LogP contribution in [0.15, 0.2) is 28.9 Å². The summed E-state index contributed by atoms with van der Waals surface area (Å²) in [5, 5.41) is 0. The van der Waals surface area contributed by atoms with Crippen LogP contribution in [0, 0.1) is 25.5 Å². The van der Waals surface area contributed by atoms with Crippen LogP contribution in [0.25, 0.3) is 0 Å². The van der Waals surface area contributed by atoms with Crippen LogP contribution < -0.4 is 0 Å². The van der Waals surface area contributed by atoms with Gasteiger partial charge in [-0.25, -0.2) is 8.78 Å². The third-order valence-electron chi connectivity index (χ3n) is 2.60. The maximum atomic E-state index is 13.6. The third-order valence-corrected chi connectivity index (χ3v) is 2.60. The number of carbonyl (C=O) groups excluding carboxylic acids is 1. The lowest BCUT2D eigenvalue weighted by Gasteiger charge is -2.04. The van der Waals surface area contributed by atoms with Gasteiger partial charge < -0.3 is 4.42 Å². The van der Waals surface area contributed by atoms with Crippen molar-refractivity contribution in [3.05, 3.63) is 58.5 Å². The van der Waals surface area contributed by atoms with E-state index in [-0.39, 0.29) is 16.7 Å². The van der Waals surface area contributed by atoms with Gasteiger partial charge in [-0.2, -0.15) is 0 Å². The monoisotopic (exact) mass is 236 g/mol. The van der Waals surface area contributed by atoms with Gasteiger partial charge in [0.15, 0.2) is 5.78 Å². The molecule has 1 heterocycles. The van der Waals surface area contributed by atoms with Crippen LogP contribution in [0.3, 0.4) is 0 Å². The summed E-state index contributed by atoms with van der Waals surface area (Å²) in [7, 11) is 0. The smallest absolute Gasteiger partial charge is 0.199 e. The molecule has 1 aromatic carbocycles. The van der Waals surface area contributed by atoms with Gasteiger partial charge in [-0.3, -0.25) is 4.79 Å². The third kappa shape index (κ3) is 1.98. The SMILES string of the molecule is Cc1cc(F)c(C(=O)c2ccoc2C)cc1F. The largest absolute Gasteiger partial charge is 0.469 e. The molecule has 0 saturated heterocycles. The highest BCUT2D eigenvalue weighted by molar-refractivity contribution is 6.09. The van der Waals surface area contributed by atoms with E-state index in [1.165, 1.54) is 19.3 Å². The van der Waals surface area contributed by atoms with Gasteiger partial charge in [-0.15, -0.1) is 0 Å². The van der Waals surface area contributed by atoms with Gasteiger partial charge in [0.25, 0.3) is 0 Å². The number of furan rings is 1. The van der Waals surface area contributed by atoms with Crippen LogP contribution in [-0.4, -0.2) is 5.78 Å². The predicted molar refractivity (Wildman–Crippen MR) is 58.0 cm³/mol. The van der Waals surface area contributed by atoms with Crippen LogP contribution in [0.2, 0.25) is 0 Å². The van der Waals surface area contributed by atoms with E-state index in [1.54, 1.807) is 6.92 Å². The average Bonchev–Trinajstić information content (AvgIpc) is 2.69. The van der Waals surface area contributed by atoms with Crippen LogP contribution in [0.5, 0.6) is 0 Å². The van der Waals surface area contributed by atoms with E-state index in [2.05, 4.69) is 0 Å². The fourth-order valence-electron chi connectivity index (χ4n) is 1.59. The van der Waals surface area contributed by atoms with Crippen molar-refractivity contribution in [2.24, 2.45) is 0 Å². The van der Waals surface area contributed by atoms with E-state index in [4.69, 9.17) is 4.42 Å². The number of halogens is 2. The van der Waals surface area contributed by atoms with Crippen molar-refractivity contribution < 1.29 is 18.0 Å². The normalized spacial score (nSPS) is 10.6. The van der Waals surface area contributed by atoms with Crippen molar-refractivity contribution in [3.8, 4) is 0 Å². The van der Waals surface area contributed by atoms with Crippen molar-refractivity contribution in [2.75, 3.05) is 0 Å². The lowest BCUT2D eigenvalue weighted by molar-refractivity contribution is 0.103. The molecule has 2 rings (SSSR count). The Balaban J connectivity index is 2.52. The fraction of sp³-hybridized carbons (Fsp3) is 0.154. The Morgan fingerprint density at radius 3 is 2.41 bits per heavy atom.